The van der Waals surface area contributed by atoms with Crippen LogP contribution in [0, 0.1) is 11.3 Å². The number of nitriles is 1. The first-order valence-corrected chi connectivity index (χ1v) is 14.6. The first kappa shape index (κ1) is 24.2. The van der Waals surface area contributed by atoms with Gasteiger partial charge in [-0.25, -0.2) is 9.97 Å². The molecule has 0 atom stereocenters. The number of imidazole rings is 1. The Morgan fingerprint density at radius 1 is 0.595 bits per heavy atom. The van der Waals surface area contributed by atoms with Gasteiger partial charge in [0.15, 0.2) is 0 Å². The van der Waals surface area contributed by atoms with Crippen LogP contribution in [0.15, 0.2) is 133 Å². The molecule has 0 saturated heterocycles. The molecule has 3 aromatic heterocycles. The summed E-state index contributed by atoms with van der Waals surface area (Å²) in [7, 11) is 0. The zero-order valence-electron chi connectivity index (χ0n) is 22.4. The lowest BCUT2D eigenvalue weighted by molar-refractivity contribution is 1.10. The smallest absolute Gasteiger partial charge is 0.145 e. The number of hydrogen-bond donors (Lipinski definition) is 0. The molecule has 0 amide bonds. The molecule has 5 heteroatoms. The van der Waals surface area contributed by atoms with Crippen molar-refractivity contribution in [1.29, 1.82) is 5.26 Å². The predicted octanol–water partition coefficient (Wildman–Crippen LogP) is 9.66. The van der Waals surface area contributed by atoms with Gasteiger partial charge in [-0.05, 0) is 35.9 Å². The van der Waals surface area contributed by atoms with E-state index in [1.807, 2.05) is 72.8 Å². The van der Waals surface area contributed by atoms with Crippen LogP contribution in [0.4, 0.5) is 0 Å². The third kappa shape index (κ3) is 3.81. The zero-order chi connectivity index (χ0) is 28.0. The van der Waals surface area contributed by atoms with Gasteiger partial charge in [0, 0.05) is 32.3 Å². The summed E-state index contributed by atoms with van der Waals surface area (Å²) in [6.07, 6.45) is 0. The van der Waals surface area contributed by atoms with E-state index < -0.39 is 0 Å². The highest BCUT2D eigenvalue weighted by molar-refractivity contribution is 7.23. The number of nitrogens with zero attached hydrogens (tertiary/aromatic N) is 4. The number of fused-ring (bicyclic) bond motifs is 4. The molecule has 8 rings (SSSR count). The molecule has 0 aliphatic heterocycles. The molecule has 0 radical (unpaired) electrons. The molecular weight excluding hydrogens is 533 g/mol. The van der Waals surface area contributed by atoms with Crippen molar-refractivity contribution in [2.45, 2.75) is 0 Å². The number of hydrogen-bond acceptors (Lipinski definition) is 4. The van der Waals surface area contributed by atoms with Crippen LogP contribution >= 0.6 is 11.3 Å². The Hall–Kier alpha value is -5.57. The quantitative estimate of drug-likeness (QED) is 0.218. The molecule has 0 saturated carbocycles. The molecule has 196 valence electrons. The summed E-state index contributed by atoms with van der Waals surface area (Å²) >= 11 is 1.66. The van der Waals surface area contributed by atoms with Crippen LogP contribution in [0.5, 0.6) is 0 Å². The molecule has 5 aromatic carbocycles. The lowest BCUT2D eigenvalue weighted by atomic mass is 10.00. The van der Waals surface area contributed by atoms with Crippen molar-refractivity contribution < 1.29 is 0 Å². The van der Waals surface area contributed by atoms with Crippen molar-refractivity contribution >= 4 is 43.4 Å². The molecule has 0 unspecified atom stereocenters. The number of pyridine rings is 1. The Morgan fingerprint density at radius 3 is 2.00 bits per heavy atom. The van der Waals surface area contributed by atoms with Gasteiger partial charge in [-0.2, -0.15) is 5.26 Å². The van der Waals surface area contributed by atoms with Gasteiger partial charge in [0.2, 0.25) is 0 Å². The molecule has 0 N–H and O–H groups in total. The Morgan fingerprint density at radius 2 is 1.24 bits per heavy atom. The third-order valence-electron chi connectivity index (χ3n) is 7.67. The molecule has 42 heavy (non-hydrogen) atoms. The van der Waals surface area contributed by atoms with Gasteiger partial charge in [0.05, 0.1) is 32.7 Å². The zero-order valence-corrected chi connectivity index (χ0v) is 23.2. The number of aromatic nitrogens is 3. The van der Waals surface area contributed by atoms with Gasteiger partial charge in [0.25, 0.3) is 0 Å². The van der Waals surface area contributed by atoms with Gasteiger partial charge in [0.1, 0.15) is 11.9 Å². The average Bonchev–Trinajstić information content (AvgIpc) is 3.65. The number of thiophene rings is 1. The molecule has 0 fully saturated rings. The minimum Gasteiger partial charge on any atom is -0.292 e. The molecule has 8 aromatic rings. The SMILES string of the molecule is N#Cc1c(-c2ccc(-c3nc4ccccc4n3-c3ccccc3)cc2)sc2c1c(-c1ccccc1)nc1ccccc12. The van der Waals surface area contributed by atoms with Crippen molar-refractivity contribution in [3.05, 3.63) is 139 Å². The summed E-state index contributed by atoms with van der Waals surface area (Å²) in [4.78, 5) is 11.0. The lowest BCUT2D eigenvalue weighted by Crippen LogP contribution is -1.97. The van der Waals surface area contributed by atoms with Gasteiger partial charge in [-0.1, -0.05) is 103 Å². The lowest BCUT2D eigenvalue weighted by Gasteiger charge is -2.10. The molecule has 0 bridgehead atoms. The van der Waals surface area contributed by atoms with Gasteiger partial charge in [-0.15, -0.1) is 11.3 Å². The van der Waals surface area contributed by atoms with Crippen molar-refractivity contribution in [2.75, 3.05) is 0 Å². The summed E-state index contributed by atoms with van der Waals surface area (Å²) in [5, 5.41) is 12.5. The van der Waals surface area contributed by atoms with Gasteiger partial charge in [-0.3, -0.25) is 4.57 Å². The highest BCUT2D eigenvalue weighted by Gasteiger charge is 2.22. The molecule has 0 aliphatic rings. The van der Waals surface area contributed by atoms with E-state index in [-0.39, 0.29) is 0 Å². The van der Waals surface area contributed by atoms with Crippen molar-refractivity contribution in [2.24, 2.45) is 0 Å². The fourth-order valence-electron chi connectivity index (χ4n) is 5.73. The summed E-state index contributed by atoms with van der Waals surface area (Å²) in [6, 6.07) is 47.8. The van der Waals surface area contributed by atoms with E-state index in [4.69, 9.17) is 9.97 Å². The fraction of sp³-hybridized carbons (Fsp3) is 0. The minimum atomic E-state index is 0.663. The maximum atomic E-state index is 10.5. The van der Waals surface area contributed by atoms with Crippen LogP contribution < -0.4 is 0 Å². The molecule has 4 nitrogen and oxygen atoms in total. The summed E-state index contributed by atoms with van der Waals surface area (Å²) < 4.78 is 3.29. The first-order chi connectivity index (χ1) is 20.8. The van der Waals surface area contributed by atoms with Crippen LogP contribution in [0.25, 0.3) is 70.8 Å². The van der Waals surface area contributed by atoms with E-state index in [1.165, 1.54) is 0 Å². The fourth-order valence-corrected chi connectivity index (χ4v) is 7.02. The normalized spacial score (nSPS) is 11.3. The Kier molecular flexibility index (Phi) is 5.66. The van der Waals surface area contributed by atoms with Gasteiger partial charge < -0.3 is 0 Å². The maximum absolute atomic E-state index is 10.5. The number of rotatable bonds is 4. The third-order valence-corrected chi connectivity index (χ3v) is 8.94. The van der Waals surface area contributed by atoms with Crippen LogP contribution in [-0.2, 0) is 0 Å². The van der Waals surface area contributed by atoms with Gasteiger partial charge >= 0.3 is 0 Å². The second kappa shape index (κ2) is 9.81. The van der Waals surface area contributed by atoms with E-state index in [9.17, 15) is 5.26 Å². The van der Waals surface area contributed by atoms with E-state index in [1.54, 1.807) is 11.3 Å². The highest BCUT2D eigenvalue weighted by Crippen LogP contribution is 2.45. The minimum absolute atomic E-state index is 0.663. The molecule has 0 spiro atoms. The second-order valence-corrected chi connectivity index (χ2v) is 11.2. The highest BCUT2D eigenvalue weighted by atomic mass is 32.1. The Balaban J connectivity index is 1.32. The maximum Gasteiger partial charge on any atom is 0.145 e. The van der Waals surface area contributed by atoms with E-state index >= 15 is 0 Å². The Labute approximate surface area is 246 Å². The summed E-state index contributed by atoms with van der Waals surface area (Å²) in [5.74, 6) is 0.882. The van der Waals surface area contributed by atoms with Crippen LogP contribution in [0.1, 0.15) is 5.56 Å². The number of para-hydroxylation sites is 4. The van der Waals surface area contributed by atoms with Crippen molar-refractivity contribution in [3.8, 4) is 44.8 Å². The first-order valence-electron chi connectivity index (χ1n) is 13.7. The number of benzene rings is 5. The van der Waals surface area contributed by atoms with Crippen LogP contribution in [0.3, 0.4) is 0 Å². The van der Waals surface area contributed by atoms with Crippen molar-refractivity contribution in [1.82, 2.24) is 14.5 Å². The summed E-state index contributed by atoms with van der Waals surface area (Å²) in [6.45, 7) is 0. The van der Waals surface area contributed by atoms with E-state index in [0.717, 1.165) is 70.8 Å². The van der Waals surface area contributed by atoms with Crippen molar-refractivity contribution in [3.63, 3.8) is 0 Å². The molecule has 3 heterocycles. The monoisotopic (exact) mass is 554 g/mol. The average molecular weight is 555 g/mol. The van der Waals surface area contributed by atoms with Crippen LogP contribution in [-0.4, -0.2) is 14.5 Å². The largest absolute Gasteiger partial charge is 0.292 e. The molecule has 0 aliphatic carbocycles. The summed E-state index contributed by atoms with van der Waals surface area (Å²) in [5.41, 5.74) is 8.52. The standard InChI is InChI=1S/C37H22N4S/c38-23-29-33-34(24-11-3-1-4-12-24)39-30-16-8-7-15-28(30)36(33)42-35(29)25-19-21-26(22-20-25)37-40-31-17-9-10-18-32(31)41(37)27-13-5-2-6-14-27/h1-22H. The second-order valence-electron chi connectivity index (χ2n) is 10.1. The van der Waals surface area contributed by atoms with E-state index in [0.29, 0.717) is 5.56 Å². The Bertz CT molecular complexity index is 2290. The van der Waals surface area contributed by atoms with E-state index in [2.05, 4.69) is 71.3 Å². The molecular formula is C37H22N4S. The predicted molar refractivity (Wildman–Crippen MR) is 173 cm³/mol. The topological polar surface area (TPSA) is 54.5 Å². The van der Waals surface area contributed by atoms with Crippen LogP contribution in [0.2, 0.25) is 0 Å².